The number of likely N-dealkylation sites (N-methyl/N-ethyl adjacent to an activating group) is 1. The molecule has 0 aliphatic carbocycles. The highest BCUT2D eigenvalue weighted by atomic mass is 35.5. The van der Waals surface area contributed by atoms with Crippen LogP contribution in [0.15, 0.2) is 59.5 Å². The molecular formula is C22H24ClN3O2. The van der Waals surface area contributed by atoms with Crippen LogP contribution in [0.25, 0.3) is 10.8 Å². The van der Waals surface area contributed by atoms with Crippen molar-refractivity contribution in [1.29, 1.82) is 0 Å². The molecule has 6 heteroatoms. The molecule has 0 radical (unpaired) electrons. The van der Waals surface area contributed by atoms with Crippen LogP contribution >= 0.6 is 11.6 Å². The molecule has 0 atom stereocenters. The lowest BCUT2D eigenvalue weighted by atomic mass is 10.1. The number of anilines is 1. The highest BCUT2D eigenvalue weighted by molar-refractivity contribution is 6.31. The average molecular weight is 398 g/mol. The van der Waals surface area contributed by atoms with E-state index < -0.39 is 0 Å². The standard InChI is InChI=1S/C22H24ClN3O2/c1-25(2)14-15-26-13-12-17-18(22(26)28)7-5-9-20(17)24-21(27)11-10-16-6-3-4-8-19(16)23/h3-9,12-13H,10-11,14-15H2,1-2H3,(H,24,27). The van der Waals surface area contributed by atoms with Gasteiger partial charge in [0.25, 0.3) is 5.56 Å². The first-order valence-corrected chi connectivity index (χ1v) is 9.63. The number of pyridine rings is 1. The van der Waals surface area contributed by atoms with E-state index >= 15 is 0 Å². The number of nitrogens with one attached hydrogen (secondary N) is 1. The van der Waals surface area contributed by atoms with Crippen LogP contribution in [-0.4, -0.2) is 36.0 Å². The van der Waals surface area contributed by atoms with Crippen molar-refractivity contribution in [2.24, 2.45) is 0 Å². The maximum Gasteiger partial charge on any atom is 0.258 e. The summed E-state index contributed by atoms with van der Waals surface area (Å²) in [6.07, 6.45) is 2.67. The fourth-order valence-electron chi connectivity index (χ4n) is 3.07. The summed E-state index contributed by atoms with van der Waals surface area (Å²) in [6.45, 7) is 1.40. The second-order valence-electron chi connectivity index (χ2n) is 7.02. The summed E-state index contributed by atoms with van der Waals surface area (Å²) in [5.41, 5.74) is 1.55. The number of fused-ring (bicyclic) bond motifs is 1. The molecule has 3 rings (SSSR count). The third-order valence-electron chi connectivity index (χ3n) is 4.66. The van der Waals surface area contributed by atoms with Crippen LogP contribution in [0.4, 0.5) is 5.69 Å². The summed E-state index contributed by atoms with van der Waals surface area (Å²) in [4.78, 5) is 27.2. The van der Waals surface area contributed by atoms with Crippen LogP contribution in [0.1, 0.15) is 12.0 Å². The molecule has 0 aliphatic heterocycles. The van der Waals surface area contributed by atoms with E-state index in [4.69, 9.17) is 11.6 Å². The van der Waals surface area contributed by atoms with Crippen LogP contribution in [0.3, 0.4) is 0 Å². The summed E-state index contributed by atoms with van der Waals surface area (Å²) >= 11 is 6.15. The Morgan fingerprint density at radius 2 is 1.86 bits per heavy atom. The van der Waals surface area contributed by atoms with Gasteiger partial charge in [0.15, 0.2) is 0 Å². The van der Waals surface area contributed by atoms with Gasteiger partial charge in [-0.25, -0.2) is 0 Å². The van der Waals surface area contributed by atoms with E-state index in [1.165, 1.54) is 0 Å². The smallest absolute Gasteiger partial charge is 0.258 e. The van der Waals surface area contributed by atoms with Gasteiger partial charge in [0.05, 0.1) is 0 Å². The van der Waals surface area contributed by atoms with Crippen molar-refractivity contribution in [1.82, 2.24) is 9.47 Å². The summed E-state index contributed by atoms with van der Waals surface area (Å²) in [6, 6.07) is 14.8. The van der Waals surface area contributed by atoms with Gasteiger partial charge in [0.2, 0.25) is 5.91 Å². The van der Waals surface area contributed by atoms with Crippen LogP contribution in [0, 0.1) is 0 Å². The highest BCUT2D eigenvalue weighted by Gasteiger charge is 2.10. The number of amides is 1. The second-order valence-corrected chi connectivity index (χ2v) is 7.43. The van der Waals surface area contributed by atoms with Crippen molar-refractivity contribution in [3.8, 4) is 0 Å². The number of nitrogens with zero attached hydrogens (tertiary/aromatic N) is 2. The SMILES string of the molecule is CN(C)CCn1ccc2c(NC(=O)CCc3ccccc3Cl)cccc2c1=O. The zero-order chi connectivity index (χ0) is 20.1. The van der Waals surface area contributed by atoms with E-state index in [0.29, 0.717) is 35.5 Å². The van der Waals surface area contributed by atoms with E-state index in [1.54, 1.807) is 22.9 Å². The lowest BCUT2D eigenvalue weighted by Crippen LogP contribution is -2.26. The van der Waals surface area contributed by atoms with Gasteiger partial charge >= 0.3 is 0 Å². The highest BCUT2D eigenvalue weighted by Crippen LogP contribution is 2.22. The predicted octanol–water partition coefficient (Wildman–Crippen LogP) is 3.79. The minimum absolute atomic E-state index is 0.0495. The van der Waals surface area contributed by atoms with Gasteiger partial charge in [0.1, 0.15) is 0 Å². The monoisotopic (exact) mass is 397 g/mol. The first kappa shape index (κ1) is 20.1. The fourth-order valence-corrected chi connectivity index (χ4v) is 3.30. The van der Waals surface area contributed by atoms with E-state index in [0.717, 1.165) is 17.5 Å². The molecule has 3 aromatic rings. The third-order valence-corrected chi connectivity index (χ3v) is 5.03. The molecule has 1 aromatic heterocycles. The molecule has 0 aliphatic rings. The molecule has 1 heterocycles. The van der Waals surface area contributed by atoms with Crippen LogP contribution < -0.4 is 10.9 Å². The molecule has 1 N–H and O–H groups in total. The molecular weight excluding hydrogens is 374 g/mol. The topological polar surface area (TPSA) is 54.3 Å². The van der Waals surface area contributed by atoms with Crippen molar-refractivity contribution in [3.63, 3.8) is 0 Å². The zero-order valence-electron chi connectivity index (χ0n) is 16.1. The van der Waals surface area contributed by atoms with Crippen LogP contribution in [0.2, 0.25) is 5.02 Å². The number of rotatable bonds is 7. The lowest BCUT2D eigenvalue weighted by Gasteiger charge is -2.13. The molecule has 0 saturated carbocycles. The Morgan fingerprint density at radius 1 is 1.07 bits per heavy atom. The van der Waals surface area contributed by atoms with Crippen molar-refractivity contribution in [3.05, 3.63) is 75.7 Å². The lowest BCUT2D eigenvalue weighted by molar-refractivity contribution is -0.116. The van der Waals surface area contributed by atoms with Gasteiger partial charge in [-0.15, -0.1) is 0 Å². The normalized spacial score (nSPS) is 11.1. The Bertz CT molecular complexity index is 1040. The second kappa shape index (κ2) is 9.04. The molecule has 1 amide bonds. The Morgan fingerprint density at radius 3 is 2.61 bits per heavy atom. The number of carbonyl (C=O) groups is 1. The number of hydrogen-bond acceptors (Lipinski definition) is 3. The number of hydrogen-bond donors (Lipinski definition) is 1. The molecule has 5 nitrogen and oxygen atoms in total. The van der Waals surface area contributed by atoms with Gasteiger partial charge in [-0.2, -0.15) is 0 Å². The first-order chi connectivity index (χ1) is 13.5. The minimum atomic E-state index is -0.107. The maximum atomic E-state index is 12.7. The minimum Gasteiger partial charge on any atom is -0.326 e. The fraction of sp³-hybridized carbons (Fsp3) is 0.273. The van der Waals surface area contributed by atoms with Gasteiger partial charge in [-0.3, -0.25) is 9.59 Å². The van der Waals surface area contributed by atoms with E-state index in [-0.39, 0.29) is 11.5 Å². The number of aryl methyl sites for hydroxylation is 1. The van der Waals surface area contributed by atoms with E-state index in [1.807, 2.05) is 55.4 Å². The van der Waals surface area contributed by atoms with Crippen molar-refractivity contribution >= 4 is 34.0 Å². The maximum absolute atomic E-state index is 12.7. The molecule has 0 unspecified atom stereocenters. The van der Waals surface area contributed by atoms with Crippen LogP contribution in [0.5, 0.6) is 0 Å². The molecule has 2 aromatic carbocycles. The van der Waals surface area contributed by atoms with Crippen molar-refractivity contribution in [2.75, 3.05) is 26.0 Å². The largest absolute Gasteiger partial charge is 0.326 e. The number of aromatic nitrogens is 1. The van der Waals surface area contributed by atoms with Crippen molar-refractivity contribution < 1.29 is 4.79 Å². The Hall–Kier alpha value is -2.63. The van der Waals surface area contributed by atoms with Gasteiger partial charge in [-0.1, -0.05) is 35.9 Å². The Kier molecular flexibility index (Phi) is 6.49. The number of halogens is 1. The molecule has 146 valence electrons. The predicted molar refractivity (Wildman–Crippen MR) is 115 cm³/mol. The van der Waals surface area contributed by atoms with Gasteiger partial charge < -0.3 is 14.8 Å². The molecule has 0 saturated heterocycles. The molecule has 0 spiro atoms. The van der Waals surface area contributed by atoms with Gasteiger partial charge in [0, 0.05) is 47.2 Å². The molecule has 0 fully saturated rings. The Labute approximate surface area is 169 Å². The zero-order valence-corrected chi connectivity index (χ0v) is 16.9. The molecule has 28 heavy (non-hydrogen) atoms. The third kappa shape index (κ3) is 4.80. The molecule has 0 bridgehead atoms. The summed E-state index contributed by atoms with van der Waals surface area (Å²) < 4.78 is 1.70. The summed E-state index contributed by atoms with van der Waals surface area (Å²) in [7, 11) is 3.95. The van der Waals surface area contributed by atoms with Gasteiger partial charge in [-0.05, 0) is 50.3 Å². The number of benzene rings is 2. The summed E-state index contributed by atoms with van der Waals surface area (Å²) in [5, 5.41) is 4.95. The average Bonchev–Trinajstić information content (AvgIpc) is 2.67. The number of carbonyl (C=O) groups excluding carboxylic acids is 1. The quantitative estimate of drug-likeness (QED) is 0.660. The Balaban J connectivity index is 1.76. The first-order valence-electron chi connectivity index (χ1n) is 9.26. The summed E-state index contributed by atoms with van der Waals surface area (Å²) in [5.74, 6) is -0.107. The van der Waals surface area contributed by atoms with Crippen LogP contribution in [-0.2, 0) is 17.8 Å². The van der Waals surface area contributed by atoms with E-state index in [9.17, 15) is 9.59 Å². The van der Waals surface area contributed by atoms with E-state index in [2.05, 4.69) is 5.32 Å². The van der Waals surface area contributed by atoms with Crippen molar-refractivity contribution in [2.45, 2.75) is 19.4 Å².